The average Bonchev–Trinajstić information content (AvgIpc) is 2.84. The fraction of sp³-hybridized carbons (Fsp3) is 0.105. The van der Waals surface area contributed by atoms with E-state index in [9.17, 15) is 14.4 Å². The van der Waals surface area contributed by atoms with Gasteiger partial charge in [-0.15, -0.1) is 0 Å². The Kier molecular flexibility index (Phi) is 4.00. The Bertz CT molecular complexity index is 879. The maximum Gasteiger partial charge on any atom is 0.335 e. The van der Waals surface area contributed by atoms with E-state index in [0.29, 0.717) is 16.8 Å². The molecule has 1 aliphatic carbocycles. The zero-order valence-corrected chi connectivity index (χ0v) is 13.0. The third kappa shape index (κ3) is 2.72. The van der Waals surface area contributed by atoms with Crippen molar-refractivity contribution in [1.29, 1.82) is 0 Å². The highest BCUT2D eigenvalue weighted by Gasteiger charge is 2.33. The van der Waals surface area contributed by atoms with Crippen LogP contribution in [0, 0.1) is 0 Å². The number of hydrogen-bond acceptors (Lipinski definition) is 4. The smallest absolute Gasteiger partial charge is 0.335 e. The van der Waals surface area contributed by atoms with Gasteiger partial charge in [-0.1, -0.05) is 19.1 Å². The summed E-state index contributed by atoms with van der Waals surface area (Å²) in [6, 6.07) is 11.4. The molecule has 2 aromatic carbocycles. The van der Waals surface area contributed by atoms with E-state index in [2.05, 4.69) is 5.32 Å². The van der Waals surface area contributed by atoms with Gasteiger partial charge in [-0.2, -0.15) is 0 Å². The minimum atomic E-state index is -1.01. The standard InChI is InChI=1S/C19H15NO4/c1-2-11-3-8-14-15(9-11)18(22)16(17(14)21)10-20-13-6-4-12(5-7-13)19(23)24/h3-10,20H,2H2,1H3,(H,23,24)/b16-10-. The molecule has 0 bridgehead atoms. The third-order valence-electron chi connectivity index (χ3n) is 3.99. The molecule has 0 heterocycles. The summed E-state index contributed by atoms with van der Waals surface area (Å²) in [6.45, 7) is 1.99. The summed E-state index contributed by atoms with van der Waals surface area (Å²) in [4.78, 5) is 35.6. The largest absolute Gasteiger partial charge is 0.478 e. The molecule has 0 radical (unpaired) electrons. The number of allylic oxidation sites excluding steroid dienone is 1. The van der Waals surface area contributed by atoms with Gasteiger partial charge < -0.3 is 10.4 Å². The number of carboxylic acid groups (broad SMARTS) is 1. The fourth-order valence-corrected chi connectivity index (χ4v) is 2.59. The highest BCUT2D eigenvalue weighted by atomic mass is 16.4. The van der Waals surface area contributed by atoms with Crippen LogP contribution in [0.4, 0.5) is 5.69 Å². The summed E-state index contributed by atoms with van der Waals surface area (Å²) in [5, 5.41) is 11.7. The van der Waals surface area contributed by atoms with Crippen molar-refractivity contribution in [2.24, 2.45) is 0 Å². The number of hydrogen-bond donors (Lipinski definition) is 2. The molecule has 0 unspecified atom stereocenters. The first-order chi connectivity index (χ1) is 11.5. The van der Waals surface area contributed by atoms with Gasteiger partial charge in [0.2, 0.25) is 0 Å². The molecule has 0 spiro atoms. The van der Waals surface area contributed by atoms with Crippen LogP contribution in [0.2, 0.25) is 0 Å². The molecule has 1 aliphatic rings. The lowest BCUT2D eigenvalue weighted by Crippen LogP contribution is -2.04. The maximum absolute atomic E-state index is 12.4. The lowest BCUT2D eigenvalue weighted by atomic mass is 10.0. The first-order valence-corrected chi connectivity index (χ1v) is 7.53. The van der Waals surface area contributed by atoms with Crippen LogP contribution >= 0.6 is 0 Å². The molecule has 120 valence electrons. The molecule has 0 saturated heterocycles. The number of aromatic carboxylic acids is 1. The number of carbonyl (C=O) groups excluding carboxylic acids is 2. The summed E-state index contributed by atoms with van der Waals surface area (Å²) in [5.74, 6) is -1.60. The van der Waals surface area contributed by atoms with Gasteiger partial charge in [-0.3, -0.25) is 9.59 Å². The molecular formula is C19H15NO4. The molecule has 24 heavy (non-hydrogen) atoms. The van der Waals surface area contributed by atoms with Crippen molar-refractivity contribution in [2.45, 2.75) is 13.3 Å². The van der Waals surface area contributed by atoms with Gasteiger partial charge in [0.05, 0.1) is 11.1 Å². The van der Waals surface area contributed by atoms with Crippen molar-refractivity contribution in [2.75, 3.05) is 5.32 Å². The molecule has 0 aromatic heterocycles. The SMILES string of the molecule is CCc1ccc2c(c1)C(=O)/C(=C\Nc1ccc(C(=O)O)cc1)C2=O. The van der Waals surface area contributed by atoms with E-state index in [1.807, 2.05) is 13.0 Å². The maximum atomic E-state index is 12.4. The molecule has 2 N–H and O–H groups in total. The van der Waals surface area contributed by atoms with E-state index < -0.39 is 5.97 Å². The monoisotopic (exact) mass is 321 g/mol. The highest BCUT2D eigenvalue weighted by molar-refractivity contribution is 6.39. The van der Waals surface area contributed by atoms with E-state index in [0.717, 1.165) is 12.0 Å². The van der Waals surface area contributed by atoms with Gasteiger partial charge in [0, 0.05) is 23.0 Å². The Morgan fingerprint density at radius 1 is 1.04 bits per heavy atom. The number of anilines is 1. The van der Waals surface area contributed by atoms with Crippen molar-refractivity contribution in [3.63, 3.8) is 0 Å². The van der Waals surface area contributed by atoms with Crippen LogP contribution in [0.15, 0.2) is 54.2 Å². The second-order valence-corrected chi connectivity index (χ2v) is 5.48. The van der Waals surface area contributed by atoms with Gasteiger partial charge in [-0.05, 0) is 42.3 Å². The Labute approximate surface area is 138 Å². The van der Waals surface area contributed by atoms with Crippen LogP contribution in [0.3, 0.4) is 0 Å². The molecule has 0 fully saturated rings. The van der Waals surface area contributed by atoms with E-state index in [1.165, 1.54) is 18.3 Å². The minimum Gasteiger partial charge on any atom is -0.478 e. The Morgan fingerprint density at radius 3 is 2.33 bits per heavy atom. The van der Waals surface area contributed by atoms with Gasteiger partial charge in [0.25, 0.3) is 0 Å². The molecule has 0 aliphatic heterocycles. The summed E-state index contributed by atoms with van der Waals surface area (Å²) in [5.41, 5.74) is 2.72. The predicted octanol–water partition coefficient (Wildman–Crippen LogP) is 3.32. The first-order valence-electron chi connectivity index (χ1n) is 7.53. The quantitative estimate of drug-likeness (QED) is 0.666. The molecule has 5 nitrogen and oxygen atoms in total. The summed E-state index contributed by atoms with van der Waals surface area (Å²) < 4.78 is 0. The number of aryl methyl sites for hydroxylation is 1. The first kappa shape index (κ1) is 15.7. The molecule has 0 amide bonds. The van der Waals surface area contributed by atoms with Crippen LogP contribution in [0.1, 0.15) is 43.6 Å². The Morgan fingerprint density at radius 2 is 1.71 bits per heavy atom. The van der Waals surface area contributed by atoms with Crippen LogP contribution in [0.5, 0.6) is 0 Å². The van der Waals surface area contributed by atoms with Crippen LogP contribution in [0.25, 0.3) is 0 Å². The van der Waals surface area contributed by atoms with E-state index in [4.69, 9.17) is 5.11 Å². The van der Waals surface area contributed by atoms with Gasteiger partial charge >= 0.3 is 5.97 Å². The topological polar surface area (TPSA) is 83.5 Å². The van der Waals surface area contributed by atoms with Crippen LogP contribution in [-0.4, -0.2) is 22.6 Å². The van der Waals surface area contributed by atoms with E-state index >= 15 is 0 Å². The number of ketones is 2. The van der Waals surface area contributed by atoms with Crippen molar-refractivity contribution in [3.05, 3.63) is 76.5 Å². The second-order valence-electron chi connectivity index (χ2n) is 5.48. The zero-order valence-electron chi connectivity index (χ0n) is 13.0. The second kappa shape index (κ2) is 6.12. The molecule has 0 atom stereocenters. The average molecular weight is 321 g/mol. The minimum absolute atomic E-state index is 0.0839. The predicted molar refractivity (Wildman–Crippen MR) is 89.6 cm³/mol. The number of carbonyl (C=O) groups is 3. The van der Waals surface area contributed by atoms with Crippen LogP contribution < -0.4 is 5.32 Å². The lowest BCUT2D eigenvalue weighted by Gasteiger charge is -2.02. The number of fused-ring (bicyclic) bond motifs is 1. The third-order valence-corrected chi connectivity index (χ3v) is 3.99. The van der Waals surface area contributed by atoms with Crippen molar-refractivity contribution in [1.82, 2.24) is 0 Å². The van der Waals surface area contributed by atoms with Crippen molar-refractivity contribution in [3.8, 4) is 0 Å². The van der Waals surface area contributed by atoms with Crippen LogP contribution in [-0.2, 0) is 6.42 Å². The Hall–Kier alpha value is -3.21. The van der Waals surface area contributed by atoms with E-state index in [1.54, 1.807) is 24.3 Å². The molecule has 0 saturated carbocycles. The fourth-order valence-electron chi connectivity index (χ4n) is 2.59. The van der Waals surface area contributed by atoms with Gasteiger partial charge in [0.15, 0.2) is 11.6 Å². The lowest BCUT2D eigenvalue weighted by molar-refractivity contribution is 0.0696. The summed E-state index contributed by atoms with van der Waals surface area (Å²) in [6.07, 6.45) is 2.17. The van der Waals surface area contributed by atoms with E-state index in [-0.39, 0.29) is 22.7 Å². The number of rotatable bonds is 4. The van der Waals surface area contributed by atoms with Crippen molar-refractivity contribution >= 4 is 23.2 Å². The molecule has 5 heteroatoms. The van der Waals surface area contributed by atoms with Gasteiger partial charge in [-0.25, -0.2) is 4.79 Å². The summed E-state index contributed by atoms with van der Waals surface area (Å²) in [7, 11) is 0. The van der Waals surface area contributed by atoms with Gasteiger partial charge in [0.1, 0.15) is 0 Å². The highest BCUT2D eigenvalue weighted by Crippen LogP contribution is 2.27. The number of nitrogens with one attached hydrogen (secondary N) is 1. The summed E-state index contributed by atoms with van der Waals surface area (Å²) >= 11 is 0. The molecular weight excluding hydrogens is 306 g/mol. The zero-order chi connectivity index (χ0) is 17.3. The Balaban J connectivity index is 1.85. The van der Waals surface area contributed by atoms with Crippen molar-refractivity contribution < 1.29 is 19.5 Å². The number of Topliss-reactive ketones (excluding diaryl/α,β-unsaturated/α-hetero) is 2. The molecule has 2 aromatic rings. The number of carboxylic acids is 1. The normalized spacial score (nSPS) is 14.8. The number of benzene rings is 2. The molecule has 3 rings (SSSR count).